The minimum atomic E-state index is -1.86. The van der Waals surface area contributed by atoms with Crippen LogP contribution in [-0.2, 0) is 25.4 Å². The second-order valence-corrected chi connectivity index (χ2v) is 12.3. The van der Waals surface area contributed by atoms with E-state index in [1.807, 2.05) is 4.90 Å². The maximum Gasteiger partial charge on any atom is 0.202 e. The molecule has 6 rings (SSSR count). The van der Waals surface area contributed by atoms with Gasteiger partial charge in [0.25, 0.3) is 0 Å². The maximum atomic E-state index is 13.9. The molecule has 47 heavy (non-hydrogen) atoms. The molecular formula is C33H40N2O12. The molecule has 0 spiro atoms. The number of ketones is 2. The average Bonchev–Trinajstić information content (AvgIpc) is 3.06. The first kappa shape index (κ1) is 33.4. The number of ether oxygens (including phenoxy) is 5. The van der Waals surface area contributed by atoms with Crippen molar-refractivity contribution in [3.8, 4) is 17.2 Å². The Labute approximate surface area is 271 Å². The highest BCUT2D eigenvalue weighted by Gasteiger charge is 2.50. The molecule has 0 bridgehead atoms. The van der Waals surface area contributed by atoms with Crippen LogP contribution in [0.3, 0.4) is 0 Å². The van der Waals surface area contributed by atoms with Gasteiger partial charge < -0.3 is 49.2 Å². The second-order valence-electron chi connectivity index (χ2n) is 12.3. The molecule has 2 saturated heterocycles. The van der Waals surface area contributed by atoms with Gasteiger partial charge in [-0.25, -0.2) is 0 Å². The SMILES string of the molecule is CN=C(CO)[C@]1(O)Cc2c(O)c3c(c(O)c2[C@@H](OC2C[C@H](N4CCO[C@H](OC)C4)[C@H](O)[C@H](C)O2)C1)C(=O)c1c(OC)cccc1C3=O. The molecule has 5 N–H and O–H groups in total. The molecule has 254 valence electrons. The quantitative estimate of drug-likeness (QED) is 0.177. The number of aromatic hydroxyl groups is 2. The summed E-state index contributed by atoms with van der Waals surface area (Å²) in [6.45, 7) is 2.42. The number of aliphatic hydroxyl groups is 3. The summed E-state index contributed by atoms with van der Waals surface area (Å²) in [6.07, 6.45) is -4.63. The summed E-state index contributed by atoms with van der Waals surface area (Å²) in [6, 6.07) is 4.07. The molecule has 0 radical (unpaired) electrons. The number of aliphatic hydroxyl groups excluding tert-OH is 2. The first-order valence-corrected chi connectivity index (χ1v) is 15.5. The molecule has 2 aliphatic carbocycles. The van der Waals surface area contributed by atoms with E-state index in [4.69, 9.17) is 23.7 Å². The highest BCUT2D eigenvalue weighted by atomic mass is 16.7. The van der Waals surface area contributed by atoms with Crippen LogP contribution in [0.2, 0.25) is 0 Å². The van der Waals surface area contributed by atoms with Crippen LogP contribution in [0.5, 0.6) is 17.2 Å². The van der Waals surface area contributed by atoms with Gasteiger partial charge in [-0.2, -0.15) is 0 Å². The van der Waals surface area contributed by atoms with Gasteiger partial charge in [0.15, 0.2) is 18.4 Å². The monoisotopic (exact) mass is 656 g/mol. The molecule has 14 nitrogen and oxygen atoms in total. The molecular weight excluding hydrogens is 616 g/mol. The van der Waals surface area contributed by atoms with Crippen LogP contribution >= 0.6 is 0 Å². The van der Waals surface area contributed by atoms with Crippen molar-refractivity contribution in [2.24, 2.45) is 4.99 Å². The molecule has 14 heteroatoms. The lowest BCUT2D eigenvalue weighted by atomic mass is 9.71. The predicted octanol–water partition coefficient (Wildman–Crippen LogP) is 0.849. The lowest BCUT2D eigenvalue weighted by Gasteiger charge is -2.47. The number of aliphatic imine (C=N–C) groups is 1. The minimum Gasteiger partial charge on any atom is -0.507 e. The van der Waals surface area contributed by atoms with Gasteiger partial charge in [-0.15, -0.1) is 0 Å². The molecule has 2 fully saturated rings. The van der Waals surface area contributed by atoms with Crippen molar-refractivity contribution in [1.82, 2.24) is 4.90 Å². The Balaban J connectivity index is 1.44. The van der Waals surface area contributed by atoms with Crippen molar-refractivity contribution < 1.29 is 58.8 Å². The van der Waals surface area contributed by atoms with Crippen LogP contribution in [0.15, 0.2) is 23.2 Å². The number of phenols is 2. The third-order valence-corrected chi connectivity index (χ3v) is 9.82. The van der Waals surface area contributed by atoms with E-state index >= 15 is 0 Å². The Morgan fingerprint density at radius 3 is 2.53 bits per heavy atom. The molecule has 7 atom stereocenters. The van der Waals surface area contributed by atoms with Gasteiger partial charge in [0, 0.05) is 69.2 Å². The number of carbonyl (C=O) groups excluding carboxylic acids is 2. The standard InChI is InChI=1S/C33H40N2O12/c1-15-28(37)18(35-8-9-45-23(13-35)44-4)10-22(46-15)47-20-12-33(42,21(14-36)34-2)11-17-25(20)32(41)27-26(30(17)39)29(38)16-6-5-7-19(43-3)24(16)31(27)40/h5-7,15,18,20,22-23,28,36-37,39,41-42H,8-14H2,1-4H3/t15-,18-,20-,22?,23-,28+,33-/m0/s1. The lowest BCUT2D eigenvalue weighted by Crippen LogP contribution is -2.59. The van der Waals surface area contributed by atoms with Crippen molar-refractivity contribution in [2.45, 2.75) is 68.7 Å². The molecule has 0 saturated carbocycles. The third kappa shape index (κ3) is 5.52. The summed E-state index contributed by atoms with van der Waals surface area (Å²) in [5.41, 5.74) is -2.75. The summed E-state index contributed by atoms with van der Waals surface area (Å²) >= 11 is 0. The largest absolute Gasteiger partial charge is 0.507 e. The van der Waals surface area contributed by atoms with Crippen LogP contribution < -0.4 is 4.74 Å². The van der Waals surface area contributed by atoms with Gasteiger partial charge in [0.05, 0.1) is 61.0 Å². The highest BCUT2D eigenvalue weighted by molar-refractivity contribution is 6.31. The van der Waals surface area contributed by atoms with Crippen LogP contribution in [0.4, 0.5) is 0 Å². The number of carbonyl (C=O) groups is 2. The lowest BCUT2D eigenvalue weighted by molar-refractivity contribution is -0.265. The Morgan fingerprint density at radius 2 is 1.85 bits per heavy atom. The molecule has 2 heterocycles. The summed E-state index contributed by atoms with van der Waals surface area (Å²) in [7, 11) is 4.30. The summed E-state index contributed by atoms with van der Waals surface area (Å²) in [4.78, 5) is 33.8. The first-order valence-electron chi connectivity index (χ1n) is 15.5. The van der Waals surface area contributed by atoms with Crippen LogP contribution in [0, 0.1) is 0 Å². The Hall–Kier alpha value is -3.47. The van der Waals surface area contributed by atoms with E-state index in [0.29, 0.717) is 19.7 Å². The molecule has 4 aliphatic rings. The third-order valence-electron chi connectivity index (χ3n) is 9.82. The van der Waals surface area contributed by atoms with Crippen LogP contribution in [0.1, 0.15) is 68.8 Å². The smallest absolute Gasteiger partial charge is 0.202 e. The number of hydrogen-bond donors (Lipinski definition) is 5. The van der Waals surface area contributed by atoms with Crippen molar-refractivity contribution in [3.05, 3.63) is 51.6 Å². The van der Waals surface area contributed by atoms with Gasteiger partial charge in [0.2, 0.25) is 5.78 Å². The number of fused-ring (bicyclic) bond motifs is 3. The average molecular weight is 657 g/mol. The molecule has 2 aromatic carbocycles. The van der Waals surface area contributed by atoms with E-state index in [9.17, 15) is 35.1 Å². The number of hydrogen-bond acceptors (Lipinski definition) is 14. The normalized spacial score (nSPS) is 31.3. The van der Waals surface area contributed by atoms with Crippen molar-refractivity contribution >= 4 is 17.3 Å². The fraction of sp³-hybridized carbons (Fsp3) is 0.545. The predicted molar refractivity (Wildman–Crippen MR) is 164 cm³/mol. The highest BCUT2D eigenvalue weighted by Crippen LogP contribution is 2.52. The molecule has 2 aliphatic heterocycles. The van der Waals surface area contributed by atoms with Crippen molar-refractivity contribution in [1.29, 1.82) is 0 Å². The van der Waals surface area contributed by atoms with Crippen molar-refractivity contribution in [3.63, 3.8) is 0 Å². The fourth-order valence-corrected chi connectivity index (χ4v) is 7.42. The topological polar surface area (TPSA) is 197 Å². The van der Waals surface area contributed by atoms with E-state index in [0.717, 1.165) is 0 Å². The number of rotatable bonds is 7. The first-order chi connectivity index (χ1) is 22.5. The molecule has 1 unspecified atom stereocenters. The van der Waals surface area contributed by atoms with Crippen LogP contribution in [0.25, 0.3) is 0 Å². The van der Waals surface area contributed by atoms with Gasteiger partial charge in [0.1, 0.15) is 22.8 Å². The number of phenolic OH excluding ortho intramolecular Hbond substituents is 2. The summed E-state index contributed by atoms with van der Waals surface area (Å²) < 4.78 is 28.9. The van der Waals surface area contributed by atoms with E-state index in [1.165, 1.54) is 26.3 Å². The summed E-state index contributed by atoms with van der Waals surface area (Å²) in [5.74, 6) is -2.47. The van der Waals surface area contributed by atoms with E-state index in [1.54, 1.807) is 20.1 Å². The van der Waals surface area contributed by atoms with Crippen LogP contribution in [-0.4, -0.2) is 132 Å². The van der Waals surface area contributed by atoms with Gasteiger partial charge >= 0.3 is 0 Å². The van der Waals surface area contributed by atoms with Gasteiger partial charge in [-0.3, -0.25) is 19.5 Å². The fourth-order valence-electron chi connectivity index (χ4n) is 7.42. The number of morpholine rings is 1. The van der Waals surface area contributed by atoms with E-state index in [2.05, 4.69) is 4.99 Å². The molecule has 2 aromatic rings. The Morgan fingerprint density at radius 1 is 1.11 bits per heavy atom. The van der Waals surface area contributed by atoms with E-state index in [-0.39, 0.29) is 53.0 Å². The van der Waals surface area contributed by atoms with Gasteiger partial charge in [-0.05, 0) is 13.0 Å². The van der Waals surface area contributed by atoms with E-state index < -0.39 is 83.3 Å². The number of nitrogens with zero attached hydrogens (tertiary/aromatic N) is 2. The zero-order valence-corrected chi connectivity index (χ0v) is 26.6. The Kier molecular flexibility index (Phi) is 9.15. The zero-order chi connectivity index (χ0) is 33.8. The second kappa shape index (κ2) is 12.9. The molecule has 0 amide bonds. The Bertz CT molecular complexity index is 1610. The maximum absolute atomic E-state index is 13.9. The molecule has 0 aromatic heterocycles. The minimum absolute atomic E-state index is 0.00330. The number of methoxy groups -OCH3 is 2. The summed E-state index contributed by atoms with van der Waals surface area (Å²) in [5, 5.41) is 56.6. The number of benzene rings is 2. The zero-order valence-electron chi connectivity index (χ0n) is 26.6. The van der Waals surface area contributed by atoms with Gasteiger partial charge in [-0.1, -0.05) is 12.1 Å². The van der Waals surface area contributed by atoms with Crippen molar-refractivity contribution in [2.75, 3.05) is 47.6 Å².